The molecule has 2 atom stereocenters. The van der Waals surface area contributed by atoms with Crippen molar-refractivity contribution in [1.29, 1.82) is 0 Å². The van der Waals surface area contributed by atoms with Crippen molar-refractivity contribution in [3.63, 3.8) is 0 Å². The highest BCUT2D eigenvalue weighted by Crippen LogP contribution is 2.27. The van der Waals surface area contributed by atoms with Crippen LogP contribution < -0.4 is 10.6 Å². The molecule has 1 fully saturated rings. The zero-order valence-electron chi connectivity index (χ0n) is 16.5. The number of benzene rings is 2. The summed E-state index contributed by atoms with van der Waals surface area (Å²) >= 11 is 0. The molecule has 2 unspecified atom stereocenters. The zero-order valence-corrected chi connectivity index (χ0v) is 16.5. The van der Waals surface area contributed by atoms with Gasteiger partial charge in [-0.25, -0.2) is 0 Å². The number of carbonyl (C=O) groups is 3. The average Bonchev–Trinajstić information content (AvgIpc) is 3.33. The largest absolute Gasteiger partial charge is 0.348 e. The molecule has 4 rings (SSSR count). The maximum absolute atomic E-state index is 12.9. The first-order chi connectivity index (χ1) is 14.0. The van der Waals surface area contributed by atoms with Gasteiger partial charge in [0.2, 0.25) is 17.7 Å². The van der Waals surface area contributed by atoms with Crippen LogP contribution in [-0.4, -0.2) is 35.2 Å². The summed E-state index contributed by atoms with van der Waals surface area (Å²) in [5, 5.41) is 5.87. The van der Waals surface area contributed by atoms with Crippen LogP contribution in [0.3, 0.4) is 0 Å². The summed E-state index contributed by atoms with van der Waals surface area (Å²) in [7, 11) is 0. The summed E-state index contributed by atoms with van der Waals surface area (Å²) in [6.45, 7) is 2.54. The molecule has 2 aromatic rings. The highest BCUT2D eigenvalue weighted by atomic mass is 16.2. The van der Waals surface area contributed by atoms with Crippen LogP contribution in [0.2, 0.25) is 0 Å². The summed E-state index contributed by atoms with van der Waals surface area (Å²) in [5.41, 5.74) is 3.70. The molecular formula is C23H25N3O3. The Labute approximate surface area is 170 Å². The quantitative estimate of drug-likeness (QED) is 0.822. The van der Waals surface area contributed by atoms with Crippen molar-refractivity contribution in [3.05, 3.63) is 65.2 Å². The van der Waals surface area contributed by atoms with E-state index in [0.717, 1.165) is 28.8 Å². The summed E-state index contributed by atoms with van der Waals surface area (Å²) < 4.78 is 0. The van der Waals surface area contributed by atoms with Gasteiger partial charge in [-0.05, 0) is 42.5 Å². The van der Waals surface area contributed by atoms with E-state index in [4.69, 9.17) is 0 Å². The van der Waals surface area contributed by atoms with E-state index in [9.17, 15) is 14.4 Å². The summed E-state index contributed by atoms with van der Waals surface area (Å²) in [6.07, 6.45) is 2.20. The van der Waals surface area contributed by atoms with Gasteiger partial charge in [-0.2, -0.15) is 0 Å². The van der Waals surface area contributed by atoms with E-state index < -0.39 is 6.04 Å². The van der Waals surface area contributed by atoms with Crippen molar-refractivity contribution in [3.8, 4) is 0 Å². The second-order valence-corrected chi connectivity index (χ2v) is 7.78. The molecular weight excluding hydrogens is 366 g/mol. The van der Waals surface area contributed by atoms with Crippen LogP contribution in [-0.2, 0) is 27.2 Å². The Bertz CT molecular complexity index is 942. The predicted octanol–water partition coefficient (Wildman–Crippen LogP) is 2.59. The SMILES string of the molecule is CC(NC(=O)C1CCCN1C(=O)Cc1ccccc1)c1ccc2c(c1)CC(=O)N2. The second-order valence-electron chi connectivity index (χ2n) is 7.78. The normalized spacial score (nSPS) is 18.9. The average molecular weight is 391 g/mol. The first-order valence-corrected chi connectivity index (χ1v) is 10.1. The smallest absolute Gasteiger partial charge is 0.243 e. The number of amides is 3. The molecule has 2 aliphatic rings. The lowest BCUT2D eigenvalue weighted by atomic mass is 10.0. The minimum atomic E-state index is -0.425. The van der Waals surface area contributed by atoms with E-state index in [-0.39, 0.29) is 23.8 Å². The highest BCUT2D eigenvalue weighted by Gasteiger charge is 2.34. The van der Waals surface area contributed by atoms with E-state index in [1.807, 2.05) is 55.5 Å². The first-order valence-electron chi connectivity index (χ1n) is 10.1. The van der Waals surface area contributed by atoms with Crippen LogP contribution in [0.5, 0.6) is 0 Å². The number of anilines is 1. The van der Waals surface area contributed by atoms with Crippen molar-refractivity contribution in [2.24, 2.45) is 0 Å². The Hall–Kier alpha value is -3.15. The van der Waals surface area contributed by atoms with E-state index in [1.165, 1.54) is 0 Å². The molecule has 2 heterocycles. The molecule has 2 aliphatic heterocycles. The fraction of sp³-hybridized carbons (Fsp3) is 0.348. The van der Waals surface area contributed by atoms with Gasteiger partial charge in [0, 0.05) is 12.2 Å². The number of carbonyl (C=O) groups excluding carboxylic acids is 3. The number of hydrogen-bond donors (Lipinski definition) is 2. The molecule has 0 spiro atoms. The topological polar surface area (TPSA) is 78.5 Å². The Morgan fingerprint density at radius 2 is 2.00 bits per heavy atom. The third-order valence-electron chi connectivity index (χ3n) is 5.69. The number of nitrogens with one attached hydrogen (secondary N) is 2. The van der Waals surface area contributed by atoms with Gasteiger partial charge in [0.25, 0.3) is 0 Å². The van der Waals surface area contributed by atoms with E-state index in [2.05, 4.69) is 10.6 Å². The van der Waals surface area contributed by atoms with Gasteiger partial charge < -0.3 is 15.5 Å². The van der Waals surface area contributed by atoms with Gasteiger partial charge in [-0.15, -0.1) is 0 Å². The van der Waals surface area contributed by atoms with Gasteiger partial charge in [-0.1, -0.05) is 42.5 Å². The van der Waals surface area contributed by atoms with Gasteiger partial charge in [-0.3, -0.25) is 14.4 Å². The van der Waals surface area contributed by atoms with Crippen LogP contribution in [0.15, 0.2) is 48.5 Å². The fourth-order valence-electron chi connectivity index (χ4n) is 4.12. The van der Waals surface area contributed by atoms with Crippen molar-refractivity contribution in [2.75, 3.05) is 11.9 Å². The van der Waals surface area contributed by atoms with Gasteiger partial charge in [0.15, 0.2) is 0 Å². The molecule has 150 valence electrons. The van der Waals surface area contributed by atoms with Crippen molar-refractivity contribution < 1.29 is 14.4 Å². The maximum atomic E-state index is 12.9. The number of hydrogen-bond acceptors (Lipinski definition) is 3. The van der Waals surface area contributed by atoms with Gasteiger partial charge >= 0.3 is 0 Å². The third-order valence-corrected chi connectivity index (χ3v) is 5.69. The summed E-state index contributed by atoms with van der Waals surface area (Å²) in [6, 6.07) is 14.7. The minimum Gasteiger partial charge on any atom is -0.348 e. The van der Waals surface area contributed by atoms with E-state index >= 15 is 0 Å². The van der Waals surface area contributed by atoms with E-state index in [1.54, 1.807) is 4.90 Å². The van der Waals surface area contributed by atoms with Crippen molar-refractivity contribution >= 4 is 23.4 Å². The van der Waals surface area contributed by atoms with Crippen LogP contribution in [0, 0.1) is 0 Å². The summed E-state index contributed by atoms with van der Waals surface area (Å²) in [5.74, 6) is -0.137. The molecule has 0 radical (unpaired) electrons. The van der Waals surface area contributed by atoms with Crippen LogP contribution >= 0.6 is 0 Å². The fourth-order valence-corrected chi connectivity index (χ4v) is 4.12. The molecule has 6 heteroatoms. The van der Waals surface area contributed by atoms with E-state index in [0.29, 0.717) is 25.8 Å². The zero-order chi connectivity index (χ0) is 20.4. The lowest BCUT2D eigenvalue weighted by molar-refractivity contribution is -0.138. The molecule has 2 aromatic carbocycles. The Kier molecular flexibility index (Phi) is 5.34. The van der Waals surface area contributed by atoms with Crippen LogP contribution in [0.1, 0.15) is 42.5 Å². The molecule has 0 aromatic heterocycles. The predicted molar refractivity (Wildman–Crippen MR) is 110 cm³/mol. The lowest BCUT2D eigenvalue weighted by Gasteiger charge is -2.26. The maximum Gasteiger partial charge on any atom is 0.243 e. The monoisotopic (exact) mass is 391 g/mol. The second kappa shape index (κ2) is 8.07. The molecule has 2 N–H and O–H groups in total. The Morgan fingerprint density at radius 1 is 1.21 bits per heavy atom. The molecule has 6 nitrogen and oxygen atoms in total. The Morgan fingerprint density at radius 3 is 2.79 bits per heavy atom. The molecule has 29 heavy (non-hydrogen) atoms. The van der Waals surface area contributed by atoms with Gasteiger partial charge in [0.1, 0.15) is 6.04 Å². The molecule has 1 saturated heterocycles. The number of likely N-dealkylation sites (tertiary alicyclic amines) is 1. The van der Waals surface area contributed by atoms with Crippen molar-refractivity contribution in [1.82, 2.24) is 10.2 Å². The highest BCUT2D eigenvalue weighted by molar-refractivity contribution is 5.99. The molecule has 3 amide bonds. The van der Waals surface area contributed by atoms with Crippen LogP contribution in [0.25, 0.3) is 0 Å². The van der Waals surface area contributed by atoms with Crippen molar-refractivity contribution in [2.45, 2.75) is 44.7 Å². The van der Waals surface area contributed by atoms with Crippen LogP contribution in [0.4, 0.5) is 5.69 Å². The third kappa shape index (κ3) is 4.16. The molecule has 0 saturated carbocycles. The summed E-state index contributed by atoms with van der Waals surface area (Å²) in [4.78, 5) is 38.9. The Balaban J connectivity index is 1.40. The number of rotatable bonds is 5. The first kappa shape index (κ1) is 19.2. The standard InChI is InChI=1S/C23H25N3O3/c1-15(17-9-10-19-18(13-17)14-21(27)25-19)24-23(29)20-8-5-11-26(20)22(28)12-16-6-3-2-4-7-16/h2-4,6-7,9-10,13,15,20H,5,8,11-12,14H2,1H3,(H,24,29)(H,25,27). The lowest BCUT2D eigenvalue weighted by Crippen LogP contribution is -2.47. The molecule has 0 aliphatic carbocycles. The number of fused-ring (bicyclic) bond motifs is 1. The molecule has 0 bridgehead atoms. The van der Waals surface area contributed by atoms with Gasteiger partial charge in [0.05, 0.1) is 18.9 Å². The minimum absolute atomic E-state index is 0.00707. The number of nitrogens with zero attached hydrogens (tertiary/aromatic N) is 1.